The molecule has 5 nitrogen and oxygen atoms in total. The molecule has 114 valence electrons. The molecule has 2 aromatic rings. The molecule has 2 amide bonds. The second-order valence-electron chi connectivity index (χ2n) is 4.33. The average molecular weight is 333 g/mol. The predicted molar refractivity (Wildman–Crippen MR) is 92.5 cm³/mol. The zero-order valence-electron chi connectivity index (χ0n) is 11.9. The van der Waals surface area contributed by atoms with Crippen molar-refractivity contribution in [2.24, 2.45) is 0 Å². The van der Waals surface area contributed by atoms with Gasteiger partial charge in [0.1, 0.15) is 0 Å². The summed E-state index contributed by atoms with van der Waals surface area (Å²) in [6.07, 6.45) is 0. The maximum absolute atomic E-state index is 11.9. The van der Waals surface area contributed by atoms with Gasteiger partial charge in [-0.1, -0.05) is 12.1 Å². The van der Waals surface area contributed by atoms with Crippen molar-refractivity contribution < 1.29 is 9.59 Å². The summed E-state index contributed by atoms with van der Waals surface area (Å²) in [6, 6.07) is 10.4. The van der Waals surface area contributed by atoms with Crippen LogP contribution < -0.4 is 16.0 Å². The molecule has 0 bridgehead atoms. The number of nitrogens with one attached hydrogen (secondary N) is 3. The molecule has 0 atom stereocenters. The van der Waals surface area contributed by atoms with Crippen molar-refractivity contribution in [1.82, 2.24) is 10.6 Å². The molecular formula is C15H15N3O2S2. The smallest absolute Gasteiger partial charge is 0.267 e. The molecule has 0 saturated heterocycles. The number of benzene rings is 1. The standard InChI is InChI=1S/C15H15N3O2S2/c1-2-16-13(19)10-5-3-6-11(9-10)17-15(21)18-14(20)12-7-4-8-22-12/h3-9H,2H2,1H3,(H,16,19)(H2,17,18,20,21). The largest absolute Gasteiger partial charge is 0.352 e. The van der Waals surface area contributed by atoms with E-state index in [4.69, 9.17) is 12.2 Å². The van der Waals surface area contributed by atoms with Gasteiger partial charge in [-0.3, -0.25) is 14.9 Å². The number of thiophene rings is 1. The Bertz CT molecular complexity index is 684. The summed E-state index contributed by atoms with van der Waals surface area (Å²) in [5.74, 6) is -0.410. The molecule has 0 radical (unpaired) electrons. The molecule has 7 heteroatoms. The van der Waals surface area contributed by atoms with Gasteiger partial charge < -0.3 is 10.6 Å². The van der Waals surface area contributed by atoms with E-state index >= 15 is 0 Å². The van der Waals surface area contributed by atoms with E-state index < -0.39 is 0 Å². The summed E-state index contributed by atoms with van der Waals surface area (Å²) in [5, 5.41) is 10.2. The van der Waals surface area contributed by atoms with Crippen molar-refractivity contribution >= 4 is 46.2 Å². The van der Waals surface area contributed by atoms with Crippen molar-refractivity contribution in [3.63, 3.8) is 0 Å². The number of hydrogen-bond acceptors (Lipinski definition) is 4. The van der Waals surface area contributed by atoms with Gasteiger partial charge in [-0.2, -0.15) is 0 Å². The monoisotopic (exact) mass is 333 g/mol. The van der Waals surface area contributed by atoms with Crippen molar-refractivity contribution in [2.45, 2.75) is 6.92 Å². The minimum Gasteiger partial charge on any atom is -0.352 e. The topological polar surface area (TPSA) is 70.2 Å². The van der Waals surface area contributed by atoms with E-state index in [0.717, 1.165) is 0 Å². The van der Waals surface area contributed by atoms with E-state index in [9.17, 15) is 9.59 Å². The number of thiocarbonyl (C=S) groups is 1. The molecule has 2 rings (SSSR count). The zero-order valence-corrected chi connectivity index (χ0v) is 13.5. The third kappa shape index (κ3) is 4.37. The number of anilines is 1. The fourth-order valence-corrected chi connectivity index (χ4v) is 2.57. The molecule has 0 saturated carbocycles. The Morgan fingerprint density at radius 1 is 1.18 bits per heavy atom. The highest BCUT2D eigenvalue weighted by atomic mass is 32.1. The van der Waals surface area contributed by atoms with Crippen LogP contribution >= 0.6 is 23.6 Å². The summed E-state index contributed by atoms with van der Waals surface area (Å²) in [4.78, 5) is 24.2. The van der Waals surface area contributed by atoms with Crippen LogP contribution in [0.25, 0.3) is 0 Å². The number of hydrogen-bond donors (Lipinski definition) is 3. The summed E-state index contributed by atoms with van der Waals surface area (Å²) in [6.45, 7) is 2.42. The Kier molecular flexibility index (Phi) is 5.62. The van der Waals surface area contributed by atoms with Crippen LogP contribution in [0.4, 0.5) is 5.69 Å². The Balaban J connectivity index is 1.98. The van der Waals surface area contributed by atoms with E-state index in [-0.39, 0.29) is 16.9 Å². The van der Waals surface area contributed by atoms with Crippen molar-refractivity contribution in [1.29, 1.82) is 0 Å². The Morgan fingerprint density at radius 3 is 2.68 bits per heavy atom. The van der Waals surface area contributed by atoms with Crippen LogP contribution in [0, 0.1) is 0 Å². The van der Waals surface area contributed by atoms with Gasteiger partial charge in [-0.15, -0.1) is 11.3 Å². The fraction of sp³-hybridized carbons (Fsp3) is 0.133. The zero-order chi connectivity index (χ0) is 15.9. The van der Waals surface area contributed by atoms with Crippen molar-refractivity contribution in [2.75, 3.05) is 11.9 Å². The second-order valence-corrected chi connectivity index (χ2v) is 5.68. The molecule has 1 aromatic heterocycles. The van der Waals surface area contributed by atoms with E-state index in [1.54, 1.807) is 36.4 Å². The predicted octanol–water partition coefficient (Wildman–Crippen LogP) is 2.62. The minimum absolute atomic E-state index is 0.153. The highest BCUT2D eigenvalue weighted by Crippen LogP contribution is 2.11. The summed E-state index contributed by atoms with van der Waals surface area (Å²) in [5.41, 5.74) is 1.17. The highest BCUT2D eigenvalue weighted by Gasteiger charge is 2.09. The number of rotatable bonds is 4. The molecule has 22 heavy (non-hydrogen) atoms. The number of carbonyl (C=O) groups excluding carboxylic acids is 2. The second kappa shape index (κ2) is 7.67. The van der Waals surface area contributed by atoms with E-state index in [1.807, 2.05) is 12.3 Å². The lowest BCUT2D eigenvalue weighted by Gasteiger charge is -2.10. The van der Waals surface area contributed by atoms with Crippen molar-refractivity contribution in [3.05, 3.63) is 52.2 Å². The first-order valence-corrected chi connectivity index (χ1v) is 7.93. The third-order valence-corrected chi connectivity index (χ3v) is 3.76. The number of amides is 2. The van der Waals surface area contributed by atoms with Gasteiger partial charge in [0, 0.05) is 17.8 Å². The molecule has 0 fully saturated rings. The van der Waals surface area contributed by atoms with Crippen LogP contribution in [0.15, 0.2) is 41.8 Å². The van der Waals surface area contributed by atoms with Gasteiger partial charge in [0.05, 0.1) is 4.88 Å². The Labute approximate surface area is 137 Å². The molecule has 0 aliphatic heterocycles. The van der Waals surface area contributed by atoms with E-state index in [0.29, 0.717) is 22.7 Å². The number of carbonyl (C=O) groups is 2. The summed E-state index contributed by atoms with van der Waals surface area (Å²) in [7, 11) is 0. The summed E-state index contributed by atoms with van der Waals surface area (Å²) < 4.78 is 0. The fourth-order valence-electron chi connectivity index (χ4n) is 1.74. The molecule has 1 heterocycles. The van der Waals surface area contributed by atoms with Gasteiger partial charge in [-0.05, 0) is 48.8 Å². The molecule has 0 aliphatic rings. The normalized spacial score (nSPS) is 9.86. The van der Waals surface area contributed by atoms with Gasteiger partial charge in [0.15, 0.2) is 5.11 Å². The van der Waals surface area contributed by atoms with E-state index in [2.05, 4.69) is 16.0 Å². The molecule has 3 N–H and O–H groups in total. The van der Waals surface area contributed by atoms with Crippen LogP contribution in [-0.4, -0.2) is 23.5 Å². The Hall–Kier alpha value is -2.25. The van der Waals surface area contributed by atoms with Gasteiger partial charge in [0.2, 0.25) is 0 Å². The van der Waals surface area contributed by atoms with Crippen LogP contribution in [0.1, 0.15) is 27.0 Å². The van der Waals surface area contributed by atoms with Crippen LogP contribution in [0.2, 0.25) is 0 Å². The van der Waals surface area contributed by atoms with Gasteiger partial charge in [0.25, 0.3) is 11.8 Å². The molecule has 0 spiro atoms. The maximum Gasteiger partial charge on any atom is 0.267 e. The van der Waals surface area contributed by atoms with Crippen molar-refractivity contribution in [3.8, 4) is 0 Å². The van der Waals surface area contributed by atoms with E-state index in [1.165, 1.54) is 11.3 Å². The SMILES string of the molecule is CCNC(=O)c1cccc(NC(=S)NC(=O)c2cccs2)c1. The molecular weight excluding hydrogens is 318 g/mol. The highest BCUT2D eigenvalue weighted by molar-refractivity contribution is 7.80. The molecule has 0 aliphatic carbocycles. The third-order valence-electron chi connectivity index (χ3n) is 2.69. The van der Waals surface area contributed by atoms with Gasteiger partial charge in [-0.25, -0.2) is 0 Å². The lowest BCUT2D eigenvalue weighted by Crippen LogP contribution is -2.33. The molecule has 0 unspecified atom stereocenters. The molecule has 1 aromatic carbocycles. The van der Waals surface area contributed by atoms with Gasteiger partial charge >= 0.3 is 0 Å². The quantitative estimate of drug-likeness (QED) is 0.752. The minimum atomic E-state index is -0.257. The lowest BCUT2D eigenvalue weighted by molar-refractivity contribution is 0.0953. The Morgan fingerprint density at radius 2 is 2.00 bits per heavy atom. The first-order chi connectivity index (χ1) is 10.6. The first kappa shape index (κ1) is 16.1. The first-order valence-electron chi connectivity index (χ1n) is 6.64. The maximum atomic E-state index is 11.9. The van der Waals surface area contributed by atoms with Crippen LogP contribution in [0.3, 0.4) is 0 Å². The van der Waals surface area contributed by atoms with Crippen LogP contribution in [0.5, 0.6) is 0 Å². The summed E-state index contributed by atoms with van der Waals surface area (Å²) >= 11 is 6.45. The van der Waals surface area contributed by atoms with Crippen LogP contribution in [-0.2, 0) is 0 Å². The lowest BCUT2D eigenvalue weighted by atomic mass is 10.2. The average Bonchev–Trinajstić information content (AvgIpc) is 3.02.